The summed E-state index contributed by atoms with van der Waals surface area (Å²) in [7, 11) is 0. The van der Waals surface area contributed by atoms with Crippen LogP contribution in [0.1, 0.15) is 30.8 Å². The number of aliphatic hydroxyl groups is 1. The van der Waals surface area contributed by atoms with Crippen LogP contribution in [-0.2, 0) is 0 Å². The predicted molar refractivity (Wildman–Crippen MR) is 64.2 cm³/mol. The Hall–Kier alpha value is -1.69. The van der Waals surface area contributed by atoms with Crippen LogP contribution in [0.5, 0.6) is 0 Å². The first kappa shape index (κ1) is 13.4. The number of aromatic nitrogens is 2. The van der Waals surface area contributed by atoms with Crippen LogP contribution < -0.4 is 11.1 Å². The molecule has 1 aromatic heterocycles. The monoisotopic (exact) mass is 238 g/mol. The number of nitrogens with one attached hydrogen (secondary N) is 1. The van der Waals surface area contributed by atoms with Crippen molar-refractivity contribution in [2.24, 2.45) is 5.92 Å². The standard InChI is InChI=1S/C11H18N4O2/c1-7(2)5-8(6-16)15-11(17)9-10(12)14-4-3-13-9/h3-4,7-8,16H,5-6H2,1-2H3,(H2,12,14)(H,15,17). The molecule has 1 aromatic rings. The van der Waals surface area contributed by atoms with Gasteiger partial charge in [0.1, 0.15) is 0 Å². The normalized spacial score (nSPS) is 12.5. The van der Waals surface area contributed by atoms with Crippen LogP contribution in [-0.4, -0.2) is 33.6 Å². The second-order valence-electron chi connectivity index (χ2n) is 4.27. The summed E-state index contributed by atoms with van der Waals surface area (Å²) >= 11 is 0. The van der Waals surface area contributed by atoms with Crippen LogP contribution in [0.4, 0.5) is 5.82 Å². The Morgan fingerprint density at radius 3 is 2.65 bits per heavy atom. The molecule has 0 spiro atoms. The summed E-state index contributed by atoms with van der Waals surface area (Å²) in [5, 5.41) is 11.8. The van der Waals surface area contributed by atoms with Crippen molar-refractivity contribution in [3.8, 4) is 0 Å². The number of nitrogens with two attached hydrogens (primary N) is 1. The molecule has 4 N–H and O–H groups in total. The van der Waals surface area contributed by atoms with Crippen molar-refractivity contribution in [3.63, 3.8) is 0 Å². The molecule has 0 radical (unpaired) electrons. The molecule has 1 atom stereocenters. The van der Waals surface area contributed by atoms with E-state index in [2.05, 4.69) is 15.3 Å². The molecule has 0 aromatic carbocycles. The molecule has 0 bridgehead atoms. The van der Waals surface area contributed by atoms with E-state index in [0.717, 1.165) is 0 Å². The van der Waals surface area contributed by atoms with Gasteiger partial charge in [-0.05, 0) is 12.3 Å². The van der Waals surface area contributed by atoms with Crippen LogP contribution >= 0.6 is 0 Å². The highest BCUT2D eigenvalue weighted by molar-refractivity contribution is 5.96. The predicted octanol–water partition coefficient (Wildman–Crippen LogP) is 0.196. The van der Waals surface area contributed by atoms with Gasteiger partial charge >= 0.3 is 0 Å². The van der Waals surface area contributed by atoms with Gasteiger partial charge in [-0.2, -0.15) is 0 Å². The van der Waals surface area contributed by atoms with E-state index in [1.807, 2.05) is 13.8 Å². The Bertz CT molecular complexity index is 381. The van der Waals surface area contributed by atoms with Crippen LogP contribution in [0.3, 0.4) is 0 Å². The molecule has 1 heterocycles. The highest BCUT2D eigenvalue weighted by Crippen LogP contribution is 2.07. The number of rotatable bonds is 5. The zero-order valence-corrected chi connectivity index (χ0v) is 10.1. The minimum Gasteiger partial charge on any atom is -0.394 e. The third-order valence-corrected chi connectivity index (χ3v) is 2.25. The lowest BCUT2D eigenvalue weighted by atomic mass is 10.0. The fourth-order valence-corrected chi connectivity index (χ4v) is 1.53. The number of nitrogen functional groups attached to an aromatic ring is 1. The molecule has 0 saturated carbocycles. The van der Waals surface area contributed by atoms with E-state index in [0.29, 0.717) is 12.3 Å². The number of anilines is 1. The topological polar surface area (TPSA) is 101 Å². The van der Waals surface area contributed by atoms with Crippen molar-refractivity contribution < 1.29 is 9.90 Å². The molecular formula is C11H18N4O2. The van der Waals surface area contributed by atoms with Gasteiger partial charge < -0.3 is 16.2 Å². The molecule has 6 heteroatoms. The molecule has 1 rings (SSSR count). The number of nitrogens with zero attached hydrogens (tertiary/aromatic N) is 2. The average Bonchev–Trinajstić information content (AvgIpc) is 2.27. The quantitative estimate of drug-likeness (QED) is 0.680. The smallest absolute Gasteiger partial charge is 0.274 e. The Morgan fingerprint density at radius 1 is 1.47 bits per heavy atom. The highest BCUT2D eigenvalue weighted by Gasteiger charge is 2.17. The Balaban J connectivity index is 2.68. The van der Waals surface area contributed by atoms with E-state index < -0.39 is 5.91 Å². The summed E-state index contributed by atoms with van der Waals surface area (Å²) in [6.45, 7) is 3.93. The van der Waals surface area contributed by atoms with Gasteiger partial charge in [0.15, 0.2) is 11.5 Å². The van der Waals surface area contributed by atoms with E-state index in [-0.39, 0.29) is 24.2 Å². The largest absolute Gasteiger partial charge is 0.394 e. The summed E-state index contributed by atoms with van der Waals surface area (Å²) in [5.41, 5.74) is 5.64. The first-order valence-electron chi connectivity index (χ1n) is 5.52. The Kier molecular flexibility index (Phi) is 4.84. The van der Waals surface area contributed by atoms with Gasteiger partial charge in [0.25, 0.3) is 5.91 Å². The second-order valence-corrected chi connectivity index (χ2v) is 4.27. The fourth-order valence-electron chi connectivity index (χ4n) is 1.53. The molecule has 0 saturated heterocycles. The van der Waals surface area contributed by atoms with Gasteiger partial charge in [-0.15, -0.1) is 0 Å². The van der Waals surface area contributed by atoms with E-state index in [1.54, 1.807) is 0 Å². The van der Waals surface area contributed by atoms with Crippen molar-refractivity contribution in [1.29, 1.82) is 0 Å². The van der Waals surface area contributed by atoms with Crippen molar-refractivity contribution in [2.45, 2.75) is 26.3 Å². The zero-order valence-electron chi connectivity index (χ0n) is 10.1. The van der Waals surface area contributed by atoms with Crippen molar-refractivity contribution in [1.82, 2.24) is 15.3 Å². The van der Waals surface area contributed by atoms with Gasteiger partial charge in [-0.25, -0.2) is 9.97 Å². The number of amides is 1. The van der Waals surface area contributed by atoms with Gasteiger partial charge in [0, 0.05) is 12.4 Å². The molecule has 1 unspecified atom stereocenters. The maximum absolute atomic E-state index is 11.8. The van der Waals surface area contributed by atoms with Crippen molar-refractivity contribution in [3.05, 3.63) is 18.1 Å². The second kappa shape index (κ2) is 6.15. The number of hydrogen-bond donors (Lipinski definition) is 3. The number of hydrogen-bond acceptors (Lipinski definition) is 5. The third kappa shape index (κ3) is 3.99. The summed E-state index contributed by atoms with van der Waals surface area (Å²) in [5.74, 6) is 0.0631. The molecule has 1 amide bonds. The minimum atomic E-state index is -0.407. The molecular weight excluding hydrogens is 220 g/mol. The molecule has 0 aliphatic heterocycles. The zero-order chi connectivity index (χ0) is 12.8. The summed E-state index contributed by atoms with van der Waals surface area (Å²) < 4.78 is 0. The molecule has 17 heavy (non-hydrogen) atoms. The van der Waals surface area contributed by atoms with E-state index in [4.69, 9.17) is 10.8 Å². The number of carbonyl (C=O) groups excluding carboxylic acids is 1. The SMILES string of the molecule is CC(C)CC(CO)NC(=O)c1nccnc1N. The van der Waals surface area contributed by atoms with Gasteiger partial charge in [0.2, 0.25) is 0 Å². The summed E-state index contributed by atoms with van der Waals surface area (Å²) in [6.07, 6.45) is 3.52. The van der Waals surface area contributed by atoms with E-state index >= 15 is 0 Å². The number of carbonyl (C=O) groups is 1. The van der Waals surface area contributed by atoms with Crippen LogP contribution in [0.25, 0.3) is 0 Å². The molecule has 0 fully saturated rings. The summed E-state index contributed by atoms with van der Waals surface area (Å²) in [6, 6.07) is -0.288. The molecule has 6 nitrogen and oxygen atoms in total. The molecule has 0 aliphatic carbocycles. The Morgan fingerprint density at radius 2 is 2.12 bits per heavy atom. The lowest BCUT2D eigenvalue weighted by molar-refractivity contribution is 0.0904. The maximum atomic E-state index is 11.8. The minimum absolute atomic E-state index is 0.0891. The van der Waals surface area contributed by atoms with Crippen molar-refractivity contribution in [2.75, 3.05) is 12.3 Å². The van der Waals surface area contributed by atoms with Crippen LogP contribution in [0.2, 0.25) is 0 Å². The average molecular weight is 238 g/mol. The first-order chi connectivity index (χ1) is 8.04. The lowest BCUT2D eigenvalue weighted by Crippen LogP contribution is -2.39. The van der Waals surface area contributed by atoms with Gasteiger partial charge in [-0.1, -0.05) is 13.8 Å². The third-order valence-electron chi connectivity index (χ3n) is 2.25. The van der Waals surface area contributed by atoms with Gasteiger partial charge in [-0.3, -0.25) is 4.79 Å². The van der Waals surface area contributed by atoms with Gasteiger partial charge in [0.05, 0.1) is 12.6 Å². The molecule has 0 aliphatic rings. The lowest BCUT2D eigenvalue weighted by Gasteiger charge is -2.18. The van der Waals surface area contributed by atoms with E-state index in [9.17, 15) is 4.79 Å². The Labute approximate surface area is 100 Å². The van der Waals surface area contributed by atoms with Crippen LogP contribution in [0, 0.1) is 5.92 Å². The highest BCUT2D eigenvalue weighted by atomic mass is 16.3. The fraction of sp³-hybridized carbons (Fsp3) is 0.545. The first-order valence-corrected chi connectivity index (χ1v) is 5.52. The van der Waals surface area contributed by atoms with Crippen molar-refractivity contribution >= 4 is 11.7 Å². The maximum Gasteiger partial charge on any atom is 0.274 e. The van der Waals surface area contributed by atoms with E-state index in [1.165, 1.54) is 12.4 Å². The number of aliphatic hydroxyl groups excluding tert-OH is 1. The van der Waals surface area contributed by atoms with Crippen LogP contribution in [0.15, 0.2) is 12.4 Å². The summed E-state index contributed by atoms with van der Waals surface area (Å²) in [4.78, 5) is 19.5. The molecule has 94 valence electrons.